The lowest BCUT2D eigenvalue weighted by molar-refractivity contribution is -0.154. The van der Waals surface area contributed by atoms with Crippen molar-refractivity contribution in [3.8, 4) is 0 Å². The summed E-state index contributed by atoms with van der Waals surface area (Å²) >= 11 is 0. The highest BCUT2D eigenvalue weighted by Crippen LogP contribution is 2.13. The van der Waals surface area contributed by atoms with Gasteiger partial charge in [0.05, 0.1) is 0 Å². The highest BCUT2D eigenvalue weighted by molar-refractivity contribution is 6.35. The number of carbonyl (C=O) groups excluding carboxylic acids is 2. The third-order valence-corrected chi connectivity index (χ3v) is 2.54. The van der Waals surface area contributed by atoms with Crippen molar-refractivity contribution in [2.75, 3.05) is 19.6 Å². The fourth-order valence-electron chi connectivity index (χ4n) is 1.73. The molecule has 0 aliphatic heterocycles. The van der Waals surface area contributed by atoms with Gasteiger partial charge in [-0.15, -0.1) is 13.2 Å². The lowest BCUT2D eigenvalue weighted by Crippen LogP contribution is -2.52. The van der Waals surface area contributed by atoms with Crippen LogP contribution in [0.15, 0.2) is 25.3 Å². The van der Waals surface area contributed by atoms with Crippen LogP contribution in [-0.2, 0) is 9.59 Å². The Morgan fingerprint density at radius 3 is 1.78 bits per heavy atom. The predicted octanol–water partition coefficient (Wildman–Crippen LogP) is 1.83. The number of hydrogen-bond donors (Lipinski definition) is 0. The van der Waals surface area contributed by atoms with Crippen LogP contribution in [-0.4, -0.2) is 46.8 Å². The first-order valence-corrected chi connectivity index (χ1v) is 6.12. The zero-order valence-electron chi connectivity index (χ0n) is 11.9. The monoisotopic (exact) mass is 252 g/mol. The number of nitrogens with zero attached hydrogens (tertiary/aromatic N) is 2. The minimum Gasteiger partial charge on any atom is -0.330 e. The Bertz CT molecular complexity index is 319. The second-order valence-corrected chi connectivity index (χ2v) is 5.01. The number of hydrogen-bond acceptors (Lipinski definition) is 2. The largest absolute Gasteiger partial charge is 0.330 e. The normalized spacial score (nSPS) is 10.7. The first-order valence-electron chi connectivity index (χ1n) is 6.12. The van der Waals surface area contributed by atoms with Gasteiger partial charge in [-0.2, -0.15) is 0 Å². The van der Waals surface area contributed by atoms with Crippen molar-refractivity contribution in [3.05, 3.63) is 25.3 Å². The minimum absolute atomic E-state index is 0.346. The molecule has 4 nitrogen and oxygen atoms in total. The third kappa shape index (κ3) is 4.35. The van der Waals surface area contributed by atoms with Crippen LogP contribution >= 0.6 is 0 Å². The maximum atomic E-state index is 12.2. The molecule has 0 aromatic carbocycles. The van der Waals surface area contributed by atoms with Crippen molar-refractivity contribution in [1.29, 1.82) is 0 Å². The minimum atomic E-state index is -0.508. The maximum Gasteiger partial charge on any atom is 0.312 e. The Morgan fingerprint density at radius 2 is 1.50 bits per heavy atom. The van der Waals surface area contributed by atoms with Crippen molar-refractivity contribution >= 4 is 11.8 Å². The van der Waals surface area contributed by atoms with E-state index in [0.717, 1.165) is 0 Å². The topological polar surface area (TPSA) is 40.6 Å². The van der Waals surface area contributed by atoms with Gasteiger partial charge in [0.1, 0.15) is 0 Å². The molecule has 0 saturated carbocycles. The Kier molecular flexibility index (Phi) is 6.37. The van der Waals surface area contributed by atoms with Crippen LogP contribution in [0.5, 0.6) is 0 Å². The number of carbonyl (C=O) groups is 2. The van der Waals surface area contributed by atoms with Crippen molar-refractivity contribution in [2.45, 2.75) is 33.2 Å². The molecule has 2 amide bonds. The molecule has 0 saturated heterocycles. The number of amides is 2. The Hall–Kier alpha value is -1.58. The summed E-state index contributed by atoms with van der Waals surface area (Å²) in [6.07, 6.45) is 3.20. The predicted molar refractivity (Wildman–Crippen MR) is 74.1 cm³/mol. The van der Waals surface area contributed by atoms with E-state index in [-0.39, 0.29) is 5.54 Å². The molecule has 0 unspecified atom stereocenters. The molecule has 0 rings (SSSR count). The maximum absolute atomic E-state index is 12.2. The second kappa shape index (κ2) is 6.99. The van der Waals surface area contributed by atoms with Gasteiger partial charge in [-0.3, -0.25) is 9.59 Å². The van der Waals surface area contributed by atoms with Gasteiger partial charge < -0.3 is 9.80 Å². The summed E-state index contributed by atoms with van der Waals surface area (Å²) < 4.78 is 0. The zero-order valence-corrected chi connectivity index (χ0v) is 11.9. The Labute approximate surface area is 110 Å². The van der Waals surface area contributed by atoms with E-state index < -0.39 is 11.8 Å². The highest BCUT2D eigenvalue weighted by Gasteiger charge is 2.31. The van der Waals surface area contributed by atoms with E-state index in [9.17, 15) is 9.59 Å². The molecule has 18 heavy (non-hydrogen) atoms. The summed E-state index contributed by atoms with van der Waals surface area (Å²) in [6, 6.07) is 0. The first kappa shape index (κ1) is 16.4. The summed E-state index contributed by atoms with van der Waals surface area (Å²) in [7, 11) is 0. The van der Waals surface area contributed by atoms with Gasteiger partial charge in [0.2, 0.25) is 0 Å². The van der Waals surface area contributed by atoms with E-state index in [2.05, 4.69) is 13.2 Å². The van der Waals surface area contributed by atoms with E-state index in [0.29, 0.717) is 19.6 Å². The van der Waals surface area contributed by atoms with E-state index in [1.165, 1.54) is 4.90 Å². The van der Waals surface area contributed by atoms with Crippen LogP contribution in [0, 0.1) is 0 Å². The Morgan fingerprint density at radius 1 is 1.06 bits per heavy atom. The van der Waals surface area contributed by atoms with Gasteiger partial charge in [0.25, 0.3) is 0 Å². The SMILES string of the molecule is C=CCN(CC=C)C(=O)C(=O)N(CC)C(C)(C)C. The van der Waals surface area contributed by atoms with Crippen LogP contribution < -0.4 is 0 Å². The molecule has 0 aromatic heterocycles. The smallest absolute Gasteiger partial charge is 0.312 e. The molecule has 0 atom stereocenters. The summed E-state index contributed by atoms with van der Waals surface area (Å²) in [5.74, 6) is -0.986. The quantitative estimate of drug-likeness (QED) is 0.553. The molecule has 0 N–H and O–H groups in total. The van der Waals surface area contributed by atoms with Crippen LogP contribution in [0.2, 0.25) is 0 Å². The molecular formula is C14H24N2O2. The summed E-state index contributed by atoms with van der Waals surface area (Å²) in [4.78, 5) is 27.3. The van der Waals surface area contributed by atoms with Crippen molar-refractivity contribution in [3.63, 3.8) is 0 Å². The van der Waals surface area contributed by atoms with Crippen LogP contribution in [0.25, 0.3) is 0 Å². The van der Waals surface area contributed by atoms with Gasteiger partial charge in [0, 0.05) is 25.2 Å². The highest BCUT2D eigenvalue weighted by atomic mass is 16.2. The molecule has 0 heterocycles. The zero-order chi connectivity index (χ0) is 14.3. The van der Waals surface area contributed by atoms with Gasteiger partial charge in [-0.25, -0.2) is 0 Å². The molecular weight excluding hydrogens is 228 g/mol. The molecule has 0 bridgehead atoms. The number of rotatable bonds is 5. The molecule has 0 aliphatic rings. The fourth-order valence-corrected chi connectivity index (χ4v) is 1.73. The van der Waals surface area contributed by atoms with E-state index >= 15 is 0 Å². The molecule has 102 valence electrons. The molecule has 0 fully saturated rings. The summed E-state index contributed by atoms with van der Waals surface area (Å²) in [6.45, 7) is 16.0. The van der Waals surface area contributed by atoms with Gasteiger partial charge in [-0.05, 0) is 27.7 Å². The molecule has 0 spiro atoms. The van der Waals surface area contributed by atoms with Crippen LogP contribution in [0.1, 0.15) is 27.7 Å². The van der Waals surface area contributed by atoms with Gasteiger partial charge in [0.15, 0.2) is 0 Å². The molecule has 4 heteroatoms. The van der Waals surface area contributed by atoms with Gasteiger partial charge in [-0.1, -0.05) is 12.2 Å². The molecule has 0 aliphatic carbocycles. The van der Waals surface area contributed by atoms with Crippen molar-refractivity contribution in [1.82, 2.24) is 9.80 Å². The van der Waals surface area contributed by atoms with Crippen molar-refractivity contribution < 1.29 is 9.59 Å². The summed E-state index contributed by atoms with van der Waals surface area (Å²) in [5, 5.41) is 0. The lowest BCUT2D eigenvalue weighted by atomic mass is 10.1. The average molecular weight is 252 g/mol. The Balaban J connectivity index is 4.98. The standard InChI is InChI=1S/C14H24N2O2/c1-7-10-15(11-8-2)12(17)13(18)16(9-3)14(4,5)6/h7-8H,1-2,9-11H2,3-6H3. The van der Waals surface area contributed by atoms with Gasteiger partial charge >= 0.3 is 11.8 Å². The first-order chi connectivity index (χ1) is 8.29. The molecule has 0 radical (unpaired) electrons. The van der Waals surface area contributed by atoms with Crippen LogP contribution in [0.4, 0.5) is 0 Å². The second-order valence-electron chi connectivity index (χ2n) is 5.01. The summed E-state index contributed by atoms with van der Waals surface area (Å²) in [5.41, 5.74) is -0.366. The molecule has 0 aromatic rings. The third-order valence-electron chi connectivity index (χ3n) is 2.54. The fraction of sp³-hybridized carbons (Fsp3) is 0.571. The average Bonchev–Trinajstić information content (AvgIpc) is 2.26. The van der Waals surface area contributed by atoms with E-state index in [1.807, 2.05) is 27.7 Å². The number of likely N-dealkylation sites (N-methyl/N-ethyl adjacent to an activating group) is 1. The van der Waals surface area contributed by atoms with E-state index in [1.54, 1.807) is 17.1 Å². The van der Waals surface area contributed by atoms with Crippen LogP contribution in [0.3, 0.4) is 0 Å². The van der Waals surface area contributed by atoms with E-state index in [4.69, 9.17) is 0 Å². The van der Waals surface area contributed by atoms with Crippen molar-refractivity contribution in [2.24, 2.45) is 0 Å². The lowest BCUT2D eigenvalue weighted by Gasteiger charge is -2.35.